The Kier molecular flexibility index (Phi) is 3.98. The van der Waals surface area contributed by atoms with E-state index in [1.165, 1.54) is 18.9 Å². The lowest BCUT2D eigenvalue weighted by Gasteiger charge is -2.18. The number of hydrogen-bond donors (Lipinski definition) is 1. The van der Waals surface area contributed by atoms with Crippen LogP contribution in [0.15, 0.2) is 22.7 Å². The fourth-order valence-electron chi connectivity index (χ4n) is 2.04. The third kappa shape index (κ3) is 3.05. The molecule has 88 valence electrons. The molecular formula is C13H17BrFN. The Morgan fingerprint density at radius 3 is 2.75 bits per heavy atom. The van der Waals surface area contributed by atoms with Gasteiger partial charge in [0.15, 0.2) is 0 Å². The molecule has 1 saturated carbocycles. The highest BCUT2D eigenvalue weighted by atomic mass is 79.9. The predicted molar refractivity (Wildman–Crippen MR) is 67.9 cm³/mol. The Hall–Kier alpha value is -0.410. The van der Waals surface area contributed by atoms with Gasteiger partial charge >= 0.3 is 0 Å². The van der Waals surface area contributed by atoms with Gasteiger partial charge in [0, 0.05) is 10.5 Å². The zero-order chi connectivity index (χ0) is 11.5. The Morgan fingerprint density at radius 2 is 2.19 bits per heavy atom. The smallest absolute Gasteiger partial charge is 0.124 e. The molecular weight excluding hydrogens is 269 g/mol. The van der Waals surface area contributed by atoms with Crippen LogP contribution < -0.4 is 5.32 Å². The van der Waals surface area contributed by atoms with Crippen molar-refractivity contribution in [3.8, 4) is 0 Å². The van der Waals surface area contributed by atoms with Crippen molar-refractivity contribution >= 4 is 15.9 Å². The van der Waals surface area contributed by atoms with Crippen molar-refractivity contribution < 1.29 is 4.39 Å². The highest BCUT2D eigenvalue weighted by Gasteiger charge is 2.32. The summed E-state index contributed by atoms with van der Waals surface area (Å²) in [5.74, 6) is 0.536. The summed E-state index contributed by atoms with van der Waals surface area (Å²) in [5, 5.41) is 3.51. The number of hydrogen-bond acceptors (Lipinski definition) is 1. The van der Waals surface area contributed by atoms with Crippen LogP contribution in [0.5, 0.6) is 0 Å². The molecule has 1 aromatic carbocycles. The van der Waals surface area contributed by atoms with Crippen LogP contribution >= 0.6 is 15.9 Å². The first-order valence-corrected chi connectivity index (χ1v) is 6.69. The van der Waals surface area contributed by atoms with Crippen molar-refractivity contribution in [2.75, 3.05) is 6.54 Å². The van der Waals surface area contributed by atoms with Gasteiger partial charge < -0.3 is 5.32 Å². The average molecular weight is 286 g/mol. The number of rotatable bonds is 5. The van der Waals surface area contributed by atoms with Gasteiger partial charge in [-0.2, -0.15) is 0 Å². The number of halogens is 2. The Balaban J connectivity index is 2.16. The van der Waals surface area contributed by atoms with E-state index in [9.17, 15) is 4.39 Å². The van der Waals surface area contributed by atoms with Gasteiger partial charge in [-0.05, 0) is 55.5 Å². The second-order valence-corrected chi connectivity index (χ2v) is 5.39. The van der Waals surface area contributed by atoms with Crippen molar-refractivity contribution in [3.63, 3.8) is 0 Å². The van der Waals surface area contributed by atoms with Crippen LogP contribution in [0.1, 0.15) is 37.8 Å². The molecule has 0 bridgehead atoms. The molecule has 0 aliphatic heterocycles. The van der Waals surface area contributed by atoms with Crippen LogP contribution in [0.4, 0.5) is 4.39 Å². The fraction of sp³-hybridized carbons (Fsp3) is 0.538. The predicted octanol–water partition coefficient (Wildman–Crippen LogP) is 4.04. The summed E-state index contributed by atoms with van der Waals surface area (Å²) in [6.45, 7) is 3.15. The van der Waals surface area contributed by atoms with Crippen LogP contribution in [0.2, 0.25) is 0 Å². The summed E-state index contributed by atoms with van der Waals surface area (Å²) in [5.41, 5.74) is 1.07. The van der Waals surface area contributed by atoms with E-state index in [1.807, 2.05) is 6.07 Å². The largest absolute Gasteiger partial charge is 0.310 e. The lowest BCUT2D eigenvalue weighted by atomic mass is 10.0. The van der Waals surface area contributed by atoms with Crippen molar-refractivity contribution in [2.24, 2.45) is 5.92 Å². The summed E-state index contributed by atoms with van der Waals surface area (Å²) >= 11 is 3.35. The molecule has 1 fully saturated rings. The lowest BCUT2D eigenvalue weighted by Crippen LogP contribution is -2.23. The Labute approximate surface area is 105 Å². The SMILES string of the molecule is CCCNC(c1cc(F)cc(Br)c1)C1CC1. The van der Waals surface area contributed by atoms with E-state index in [-0.39, 0.29) is 5.82 Å². The van der Waals surface area contributed by atoms with Gasteiger partial charge in [0.1, 0.15) is 5.82 Å². The topological polar surface area (TPSA) is 12.0 Å². The van der Waals surface area contributed by atoms with Crippen molar-refractivity contribution in [1.82, 2.24) is 5.32 Å². The second-order valence-electron chi connectivity index (χ2n) is 4.47. The molecule has 0 radical (unpaired) electrons. The minimum Gasteiger partial charge on any atom is -0.310 e. The normalized spacial score (nSPS) is 17.4. The molecule has 0 amide bonds. The lowest BCUT2D eigenvalue weighted by molar-refractivity contribution is 0.478. The van der Waals surface area contributed by atoms with Gasteiger partial charge in [-0.1, -0.05) is 22.9 Å². The quantitative estimate of drug-likeness (QED) is 0.861. The molecule has 1 N–H and O–H groups in total. The summed E-state index contributed by atoms with van der Waals surface area (Å²) in [6, 6.07) is 5.50. The third-order valence-corrected chi connectivity index (χ3v) is 3.41. The van der Waals surface area contributed by atoms with Crippen molar-refractivity contribution in [2.45, 2.75) is 32.2 Å². The van der Waals surface area contributed by atoms with E-state index in [0.29, 0.717) is 12.0 Å². The summed E-state index contributed by atoms with van der Waals surface area (Å²) in [7, 11) is 0. The molecule has 1 unspecified atom stereocenters. The first-order valence-electron chi connectivity index (χ1n) is 5.90. The van der Waals surface area contributed by atoms with Crippen LogP contribution in [0.25, 0.3) is 0 Å². The van der Waals surface area contributed by atoms with E-state index in [2.05, 4.69) is 28.2 Å². The maximum absolute atomic E-state index is 13.3. The highest BCUT2D eigenvalue weighted by Crippen LogP contribution is 2.41. The molecule has 1 aliphatic rings. The molecule has 1 atom stereocenters. The molecule has 1 aliphatic carbocycles. The molecule has 0 saturated heterocycles. The molecule has 0 heterocycles. The zero-order valence-electron chi connectivity index (χ0n) is 9.47. The van der Waals surface area contributed by atoms with Crippen molar-refractivity contribution in [1.29, 1.82) is 0 Å². The van der Waals surface area contributed by atoms with Crippen LogP contribution in [0.3, 0.4) is 0 Å². The van der Waals surface area contributed by atoms with E-state index in [4.69, 9.17) is 0 Å². The van der Waals surface area contributed by atoms with Gasteiger partial charge in [0.05, 0.1) is 0 Å². The molecule has 16 heavy (non-hydrogen) atoms. The van der Waals surface area contributed by atoms with Gasteiger partial charge in [0.2, 0.25) is 0 Å². The highest BCUT2D eigenvalue weighted by molar-refractivity contribution is 9.10. The van der Waals surface area contributed by atoms with Gasteiger partial charge in [0.25, 0.3) is 0 Å². The maximum Gasteiger partial charge on any atom is 0.124 e. The number of nitrogens with one attached hydrogen (secondary N) is 1. The van der Waals surface area contributed by atoms with E-state index < -0.39 is 0 Å². The first kappa shape index (κ1) is 12.1. The molecule has 0 spiro atoms. The number of benzene rings is 1. The van der Waals surface area contributed by atoms with Crippen LogP contribution in [0, 0.1) is 11.7 Å². The molecule has 1 nitrogen and oxygen atoms in total. The van der Waals surface area contributed by atoms with Gasteiger partial charge in [-0.25, -0.2) is 4.39 Å². The van der Waals surface area contributed by atoms with Gasteiger partial charge in [-0.3, -0.25) is 0 Å². The molecule has 0 aromatic heterocycles. The maximum atomic E-state index is 13.3. The second kappa shape index (κ2) is 5.28. The zero-order valence-corrected chi connectivity index (χ0v) is 11.1. The van der Waals surface area contributed by atoms with E-state index in [0.717, 1.165) is 23.0 Å². The van der Waals surface area contributed by atoms with Crippen LogP contribution in [-0.2, 0) is 0 Å². The van der Waals surface area contributed by atoms with E-state index >= 15 is 0 Å². The monoisotopic (exact) mass is 285 g/mol. The first-order chi connectivity index (χ1) is 7.70. The minimum absolute atomic E-state index is 0.159. The minimum atomic E-state index is -0.159. The third-order valence-electron chi connectivity index (χ3n) is 2.95. The molecule has 3 heteroatoms. The Morgan fingerprint density at radius 1 is 1.44 bits per heavy atom. The fourth-order valence-corrected chi connectivity index (χ4v) is 2.52. The van der Waals surface area contributed by atoms with Gasteiger partial charge in [-0.15, -0.1) is 0 Å². The summed E-state index contributed by atoms with van der Waals surface area (Å²) in [4.78, 5) is 0. The standard InChI is InChI=1S/C13H17BrFN/c1-2-5-16-13(9-3-4-9)10-6-11(14)8-12(15)7-10/h6-9,13,16H,2-5H2,1H3. The average Bonchev–Trinajstić information content (AvgIpc) is 3.01. The van der Waals surface area contributed by atoms with Crippen molar-refractivity contribution in [3.05, 3.63) is 34.1 Å². The Bertz CT molecular complexity index is 343. The van der Waals surface area contributed by atoms with E-state index in [1.54, 1.807) is 6.07 Å². The molecule has 1 aromatic rings. The summed E-state index contributed by atoms with van der Waals surface area (Å²) < 4.78 is 14.2. The van der Waals surface area contributed by atoms with Crippen LogP contribution in [-0.4, -0.2) is 6.54 Å². The molecule has 2 rings (SSSR count). The summed E-state index contributed by atoms with van der Waals surface area (Å²) in [6.07, 6.45) is 3.63.